The van der Waals surface area contributed by atoms with Gasteiger partial charge in [-0.2, -0.15) is 5.10 Å². The first kappa shape index (κ1) is 23.2. The summed E-state index contributed by atoms with van der Waals surface area (Å²) in [5.74, 6) is 0.752. The van der Waals surface area contributed by atoms with Gasteiger partial charge in [0.15, 0.2) is 5.13 Å². The molecule has 7 nitrogen and oxygen atoms in total. The number of rotatable bonds is 5. The fourth-order valence-corrected chi connectivity index (χ4v) is 7.54. The highest BCUT2D eigenvalue weighted by atomic mass is 32.2. The molecule has 9 heteroatoms. The highest BCUT2D eigenvalue weighted by Gasteiger charge is 2.34. The van der Waals surface area contributed by atoms with Crippen LogP contribution < -0.4 is 5.32 Å². The molecule has 1 saturated heterocycles. The number of fused-ring (bicyclic) bond motifs is 3. The van der Waals surface area contributed by atoms with Crippen molar-refractivity contribution in [3.8, 4) is 21.8 Å². The number of aryl methyl sites for hydroxylation is 1. The molecule has 1 saturated carbocycles. The molecule has 0 radical (unpaired) electrons. The van der Waals surface area contributed by atoms with Crippen molar-refractivity contribution in [1.82, 2.24) is 24.6 Å². The van der Waals surface area contributed by atoms with Gasteiger partial charge in [-0.15, -0.1) is 0 Å². The second-order valence-corrected chi connectivity index (χ2v) is 11.9. The van der Waals surface area contributed by atoms with Crippen LogP contribution in [0.15, 0.2) is 24.5 Å². The topological polar surface area (TPSA) is 75.9 Å². The van der Waals surface area contributed by atoms with E-state index in [1.165, 1.54) is 53.6 Å². The van der Waals surface area contributed by atoms with Crippen molar-refractivity contribution in [1.29, 1.82) is 0 Å². The summed E-state index contributed by atoms with van der Waals surface area (Å²) in [4.78, 5) is 25.3. The van der Waals surface area contributed by atoms with Gasteiger partial charge in [-0.25, -0.2) is 4.98 Å². The average molecular weight is 509 g/mol. The molecule has 3 aliphatic rings. The molecule has 184 valence electrons. The Hall–Kier alpha value is -2.23. The van der Waals surface area contributed by atoms with Crippen LogP contribution in [0.2, 0.25) is 0 Å². The molecule has 0 atom stereocenters. The number of nitrogens with one attached hydrogen (secondary N) is 1. The van der Waals surface area contributed by atoms with Gasteiger partial charge in [0.05, 0.1) is 28.0 Å². The number of carbonyl (C=O) groups excluding carboxylic acids is 1. The Morgan fingerprint density at radius 2 is 2.00 bits per heavy atom. The predicted octanol–water partition coefficient (Wildman–Crippen LogP) is 6.03. The lowest BCUT2D eigenvalue weighted by Gasteiger charge is -2.36. The average Bonchev–Trinajstić information content (AvgIpc) is 3.63. The van der Waals surface area contributed by atoms with Crippen LogP contribution in [0.25, 0.3) is 21.8 Å². The molecule has 35 heavy (non-hydrogen) atoms. The number of anilines is 1. The second kappa shape index (κ2) is 10.0. The Kier molecular flexibility index (Phi) is 6.64. The number of thiazole rings is 1. The lowest BCUT2D eigenvalue weighted by molar-refractivity contribution is 0.133. The van der Waals surface area contributed by atoms with Crippen molar-refractivity contribution < 1.29 is 4.79 Å². The normalized spacial score (nSPS) is 19.0. The summed E-state index contributed by atoms with van der Waals surface area (Å²) in [6, 6.07) is 5.27. The molecule has 0 bridgehead atoms. The van der Waals surface area contributed by atoms with E-state index in [-0.39, 0.29) is 5.24 Å². The Bertz CT molecular complexity index is 1190. The van der Waals surface area contributed by atoms with Crippen molar-refractivity contribution in [2.45, 2.75) is 70.4 Å². The highest BCUT2D eigenvalue weighted by Crippen LogP contribution is 2.45. The van der Waals surface area contributed by atoms with Crippen molar-refractivity contribution in [3.63, 3.8) is 0 Å². The van der Waals surface area contributed by atoms with Gasteiger partial charge in [0.25, 0.3) is 5.24 Å². The van der Waals surface area contributed by atoms with E-state index in [0.29, 0.717) is 11.2 Å². The zero-order valence-corrected chi connectivity index (χ0v) is 21.8. The summed E-state index contributed by atoms with van der Waals surface area (Å²) in [6.45, 7) is 4.29. The Morgan fingerprint density at radius 1 is 1.17 bits per heavy atom. The van der Waals surface area contributed by atoms with Crippen LogP contribution in [0, 0.1) is 0 Å². The van der Waals surface area contributed by atoms with Gasteiger partial charge in [0.1, 0.15) is 0 Å². The summed E-state index contributed by atoms with van der Waals surface area (Å²) in [7, 11) is 0. The monoisotopic (exact) mass is 508 g/mol. The van der Waals surface area contributed by atoms with Crippen molar-refractivity contribution >= 4 is 33.5 Å². The minimum Gasteiger partial charge on any atom is -0.300 e. The molecule has 0 aromatic carbocycles. The van der Waals surface area contributed by atoms with Crippen molar-refractivity contribution in [3.05, 3.63) is 35.8 Å². The third-order valence-corrected chi connectivity index (χ3v) is 9.31. The summed E-state index contributed by atoms with van der Waals surface area (Å²) >= 11 is 2.88. The van der Waals surface area contributed by atoms with Crippen LogP contribution in [-0.2, 0) is 12.8 Å². The molecule has 3 aromatic rings. The number of carbonyl (C=O) groups is 1. The van der Waals surface area contributed by atoms with Gasteiger partial charge in [0.2, 0.25) is 0 Å². The van der Waals surface area contributed by atoms with Crippen molar-refractivity contribution in [2.24, 2.45) is 0 Å². The van der Waals surface area contributed by atoms with Gasteiger partial charge >= 0.3 is 0 Å². The smallest absolute Gasteiger partial charge is 0.285 e. The molecule has 2 fully saturated rings. The third kappa shape index (κ3) is 4.54. The fraction of sp³-hybridized carbons (Fsp3) is 0.538. The minimum atomic E-state index is -0.0392. The molecule has 1 N–H and O–H groups in total. The molecule has 3 aromatic heterocycles. The molecular weight excluding hydrogens is 476 g/mol. The number of hydrogen-bond acceptors (Lipinski definition) is 7. The van der Waals surface area contributed by atoms with Crippen LogP contribution in [0.1, 0.15) is 62.7 Å². The Morgan fingerprint density at radius 3 is 2.74 bits per heavy atom. The molecule has 0 spiro atoms. The van der Waals surface area contributed by atoms with E-state index >= 15 is 0 Å². The van der Waals surface area contributed by atoms with E-state index < -0.39 is 0 Å². The van der Waals surface area contributed by atoms with Gasteiger partial charge in [-0.3, -0.25) is 19.8 Å². The van der Waals surface area contributed by atoms with Gasteiger partial charge in [0, 0.05) is 42.7 Å². The predicted molar refractivity (Wildman–Crippen MR) is 143 cm³/mol. The van der Waals surface area contributed by atoms with Crippen LogP contribution >= 0.6 is 23.1 Å². The molecule has 2 aliphatic carbocycles. The van der Waals surface area contributed by atoms with Crippen LogP contribution in [0.3, 0.4) is 0 Å². The van der Waals surface area contributed by atoms with E-state index in [0.717, 1.165) is 67.5 Å². The number of nitrogens with zero attached hydrogens (tertiary/aromatic N) is 5. The van der Waals surface area contributed by atoms with Crippen LogP contribution in [0.5, 0.6) is 0 Å². The van der Waals surface area contributed by atoms with Crippen LogP contribution in [0.4, 0.5) is 9.93 Å². The summed E-state index contributed by atoms with van der Waals surface area (Å²) in [6.07, 6.45) is 13.3. The lowest BCUT2D eigenvalue weighted by Crippen LogP contribution is -2.40. The maximum Gasteiger partial charge on any atom is 0.285 e. The highest BCUT2D eigenvalue weighted by molar-refractivity contribution is 8.13. The van der Waals surface area contributed by atoms with E-state index in [1.54, 1.807) is 11.3 Å². The maximum absolute atomic E-state index is 12.2. The number of hydrogen-bond donors (Lipinski definition) is 1. The van der Waals surface area contributed by atoms with E-state index in [4.69, 9.17) is 10.1 Å². The number of thioether (sulfide) groups is 1. The molecule has 0 unspecified atom stereocenters. The number of piperidine rings is 1. The van der Waals surface area contributed by atoms with E-state index in [1.807, 2.05) is 25.4 Å². The Balaban J connectivity index is 1.35. The first-order valence-corrected chi connectivity index (χ1v) is 14.7. The number of pyridine rings is 1. The van der Waals surface area contributed by atoms with Crippen LogP contribution in [-0.4, -0.2) is 54.8 Å². The number of amides is 1. The summed E-state index contributed by atoms with van der Waals surface area (Å²) < 4.78 is 2.31. The molecule has 1 amide bonds. The second-order valence-electron chi connectivity index (χ2n) is 9.71. The summed E-state index contributed by atoms with van der Waals surface area (Å²) in [5, 5.41) is 8.90. The Labute approximate surface area is 214 Å². The maximum atomic E-state index is 12.2. The standard InChI is InChI=1S/C26H32N6OS2/c1-2-34-26(33)29-25-28-21-10-9-20-22(17-6-5-13-27-16-17)30-32(23(20)24(21)35-25)19-11-14-31(15-12-19)18-7-3-4-8-18/h5-6,13,16,18-19H,2-4,7-12,14-15H2,1H3,(H,28,29,33). The SMILES string of the molecule is CCSC(=O)Nc1nc2c(s1)-c1c(c(-c3cccnc3)nn1C1CCN(C3CCCC3)CC1)CC2. The third-order valence-electron chi connectivity index (χ3n) is 7.64. The number of aromatic nitrogens is 4. The first-order valence-electron chi connectivity index (χ1n) is 12.9. The first-order chi connectivity index (χ1) is 17.2. The van der Waals surface area contributed by atoms with Gasteiger partial charge in [-0.1, -0.05) is 42.9 Å². The summed E-state index contributed by atoms with van der Waals surface area (Å²) in [5.41, 5.74) is 5.73. The fourth-order valence-electron chi connectivity index (χ4n) is 5.97. The lowest BCUT2D eigenvalue weighted by atomic mass is 9.94. The molecular formula is C26H32N6OS2. The van der Waals surface area contributed by atoms with Crippen molar-refractivity contribution in [2.75, 3.05) is 24.2 Å². The van der Waals surface area contributed by atoms with E-state index in [2.05, 4.69) is 25.9 Å². The molecule has 4 heterocycles. The largest absolute Gasteiger partial charge is 0.300 e. The molecule has 6 rings (SSSR count). The quantitative estimate of drug-likeness (QED) is 0.453. The number of likely N-dealkylation sites (tertiary alicyclic amines) is 1. The zero-order chi connectivity index (χ0) is 23.8. The minimum absolute atomic E-state index is 0.0392. The zero-order valence-electron chi connectivity index (χ0n) is 20.2. The van der Waals surface area contributed by atoms with Gasteiger partial charge < -0.3 is 4.90 Å². The van der Waals surface area contributed by atoms with E-state index in [9.17, 15) is 4.79 Å². The molecule has 1 aliphatic heterocycles. The van der Waals surface area contributed by atoms with Gasteiger partial charge in [-0.05, 0) is 56.4 Å².